The van der Waals surface area contributed by atoms with E-state index in [4.69, 9.17) is 4.52 Å². The molecule has 7 heteroatoms. The lowest BCUT2D eigenvalue weighted by molar-refractivity contribution is -0.131. The number of rotatable bonds is 3. The maximum atomic E-state index is 13.4. The van der Waals surface area contributed by atoms with Crippen molar-refractivity contribution < 1.29 is 13.7 Å². The molecule has 0 spiro atoms. The molecular weight excluding hydrogens is 347 g/mol. The molecule has 27 heavy (non-hydrogen) atoms. The van der Waals surface area contributed by atoms with Crippen LogP contribution in [-0.4, -0.2) is 32.7 Å². The van der Waals surface area contributed by atoms with E-state index in [1.54, 1.807) is 19.1 Å². The van der Waals surface area contributed by atoms with E-state index in [0.717, 1.165) is 40.2 Å². The lowest BCUT2D eigenvalue weighted by atomic mass is 9.99. The second kappa shape index (κ2) is 6.64. The van der Waals surface area contributed by atoms with Gasteiger partial charge in [0.1, 0.15) is 17.3 Å². The van der Waals surface area contributed by atoms with E-state index in [1.165, 1.54) is 6.07 Å². The quantitative estimate of drug-likeness (QED) is 0.770. The number of amides is 1. The number of aromatic amines is 1. The van der Waals surface area contributed by atoms with E-state index in [1.807, 2.05) is 18.7 Å². The van der Waals surface area contributed by atoms with Gasteiger partial charge in [-0.25, -0.2) is 4.39 Å². The molecular formula is C20H21FN4O2. The first-order valence-electron chi connectivity index (χ1n) is 8.96. The number of carbonyl (C=O) groups excluding carboxylic acids is 1. The average Bonchev–Trinajstić information content (AvgIpc) is 3.20. The minimum absolute atomic E-state index is 0.0255. The van der Waals surface area contributed by atoms with E-state index in [9.17, 15) is 9.18 Å². The minimum atomic E-state index is -0.253. The molecule has 1 aromatic carbocycles. The fourth-order valence-corrected chi connectivity index (χ4v) is 3.64. The number of fused-ring (bicyclic) bond motifs is 1. The van der Waals surface area contributed by atoms with Crippen LogP contribution >= 0.6 is 0 Å². The monoisotopic (exact) mass is 368 g/mol. The molecule has 1 N–H and O–H groups in total. The second-order valence-electron chi connectivity index (χ2n) is 7.05. The predicted molar refractivity (Wildman–Crippen MR) is 97.5 cm³/mol. The minimum Gasteiger partial charge on any atom is -0.361 e. The number of halogens is 1. The highest BCUT2D eigenvalue weighted by Gasteiger charge is 2.28. The Hall–Kier alpha value is -2.96. The van der Waals surface area contributed by atoms with Crippen molar-refractivity contribution >= 4 is 5.91 Å². The Labute approximate surface area is 156 Å². The molecule has 1 aliphatic rings. The van der Waals surface area contributed by atoms with Crippen LogP contribution in [0.2, 0.25) is 0 Å². The van der Waals surface area contributed by atoms with Gasteiger partial charge in [-0.3, -0.25) is 9.89 Å². The van der Waals surface area contributed by atoms with E-state index in [0.29, 0.717) is 24.4 Å². The van der Waals surface area contributed by atoms with Gasteiger partial charge in [-0.05, 0) is 38.0 Å². The summed E-state index contributed by atoms with van der Waals surface area (Å²) in [4.78, 5) is 14.6. The van der Waals surface area contributed by atoms with Crippen LogP contribution in [-0.2, 0) is 24.2 Å². The molecule has 0 bridgehead atoms. The summed E-state index contributed by atoms with van der Waals surface area (Å²) in [6.45, 7) is 6.58. The lowest BCUT2D eigenvalue weighted by Gasteiger charge is -2.27. The smallest absolute Gasteiger partial charge is 0.227 e. The first-order valence-corrected chi connectivity index (χ1v) is 8.96. The van der Waals surface area contributed by atoms with Crippen LogP contribution in [0.15, 0.2) is 22.7 Å². The molecule has 2 aromatic heterocycles. The van der Waals surface area contributed by atoms with Gasteiger partial charge in [0.15, 0.2) is 0 Å². The molecule has 4 rings (SSSR count). The summed E-state index contributed by atoms with van der Waals surface area (Å²) in [6, 6.07) is 4.82. The van der Waals surface area contributed by atoms with E-state index >= 15 is 0 Å². The zero-order chi connectivity index (χ0) is 19.1. The Morgan fingerprint density at radius 2 is 2.15 bits per heavy atom. The van der Waals surface area contributed by atoms with Crippen LogP contribution in [0.5, 0.6) is 0 Å². The molecule has 0 aliphatic carbocycles. The van der Waals surface area contributed by atoms with Crippen molar-refractivity contribution in [3.8, 4) is 11.3 Å². The number of aryl methyl sites for hydroxylation is 3. The molecule has 3 heterocycles. The van der Waals surface area contributed by atoms with E-state index in [-0.39, 0.29) is 18.1 Å². The lowest BCUT2D eigenvalue weighted by Crippen LogP contribution is -2.36. The van der Waals surface area contributed by atoms with Gasteiger partial charge in [0, 0.05) is 30.8 Å². The molecule has 140 valence electrons. The van der Waals surface area contributed by atoms with Crippen molar-refractivity contribution in [2.45, 2.75) is 40.2 Å². The zero-order valence-electron chi connectivity index (χ0n) is 15.6. The van der Waals surface area contributed by atoms with Gasteiger partial charge in [0.25, 0.3) is 0 Å². The number of carbonyl (C=O) groups is 1. The number of H-pyrrole nitrogens is 1. The molecule has 0 unspecified atom stereocenters. The largest absolute Gasteiger partial charge is 0.361 e. The van der Waals surface area contributed by atoms with Crippen molar-refractivity contribution in [1.29, 1.82) is 0 Å². The molecule has 1 aliphatic heterocycles. The van der Waals surface area contributed by atoms with Crippen molar-refractivity contribution in [2.75, 3.05) is 6.54 Å². The molecule has 0 saturated heterocycles. The van der Waals surface area contributed by atoms with E-state index < -0.39 is 0 Å². The van der Waals surface area contributed by atoms with E-state index in [2.05, 4.69) is 15.4 Å². The number of nitrogens with one attached hydrogen (secondary N) is 1. The Morgan fingerprint density at radius 3 is 2.85 bits per heavy atom. The van der Waals surface area contributed by atoms with Crippen LogP contribution in [0, 0.1) is 26.6 Å². The first kappa shape index (κ1) is 17.5. The van der Waals surface area contributed by atoms with Gasteiger partial charge in [-0.1, -0.05) is 17.3 Å². The highest BCUT2D eigenvalue weighted by molar-refractivity contribution is 5.80. The third kappa shape index (κ3) is 3.13. The molecule has 3 aromatic rings. The maximum Gasteiger partial charge on any atom is 0.227 e. The number of hydrogen-bond donors (Lipinski definition) is 1. The highest BCUT2D eigenvalue weighted by atomic mass is 19.1. The van der Waals surface area contributed by atoms with Crippen LogP contribution < -0.4 is 0 Å². The summed E-state index contributed by atoms with van der Waals surface area (Å²) in [6.07, 6.45) is 0.981. The summed E-state index contributed by atoms with van der Waals surface area (Å²) in [5, 5.41) is 11.6. The number of benzene rings is 1. The van der Waals surface area contributed by atoms with Crippen molar-refractivity contribution in [2.24, 2.45) is 0 Å². The Morgan fingerprint density at radius 1 is 1.33 bits per heavy atom. The molecule has 0 saturated carbocycles. The Bertz CT molecular complexity index is 1000. The second-order valence-corrected chi connectivity index (χ2v) is 7.05. The van der Waals surface area contributed by atoms with Gasteiger partial charge in [-0.2, -0.15) is 5.10 Å². The fourth-order valence-electron chi connectivity index (χ4n) is 3.64. The standard InChI is InChI=1S/C20H21FN4O2/c1-11-8-14(4-5-16(11)21)9-18(26)25-7-6-17-15(10-25)20(23-22-17)19-12(2)24-27-13(19)3/h4-5,8H,6-7,9-10H2,1-3H3,(H,22,23). The van der Waals surface area contributed by atoms with Crippen molar-refractivity contribution in [1.82, 2.24) is 20.3 Å². The van der Waals surface area contributed by atoms with Crippen LogP contribution in [0.25, 0.3) is 11.3 Å². The third-order valence-electron chi connectivity index (χ3n) is 5.13. The Balaban J connectivity index is 1.57. The molecule has 0 atom stereocenters. The normalized spacial score (nSPS) is 13.7. The number of nitrogens with zero attached hydrogens (tertiary/aromatic N) is 3. The summed E-state index contributed by atoms with van der Waals surface area (Å²) >= 11 is 0. The molecule has 6 nitrogen and oxygen atoms in total. The SMILES string of the molecule is Cc1cc(CC(=O)N2CCc3[nH]nc(-c4c(C)noc4C)c3C2)ccc1F. The first-order chi connectivity index (χ1) is 12.9. The summed E-state index contributed by atoms with van der Waals surface area (Å²) in [7, 11) is 0. The maximum absolute atomic E-state index is 13.4. The van der Waals surface area contributed by atoms with Crippen LogP contribution in [0.4, 0.5) is 4.39 Å². The summed E-state index contributed by atoms with van der Waals surface area (Å²) in [5.74, 6) is 0.487. The van der Waals surface area contributed by atoms with Crippen LogP contribution in [0.3, 0.4) is 0 Å². The van der Waals surface area contributed by atoms with Gasteiger partial charge in [0.2, 0.25) is 5.91 Å². The highest BCUT2D eigenvalue weighted by Crippen LogP contribution is 2.32. The third-order valence-corrected chi connectivity index (χ3v) is 5.13. The van der Waals surface area contributed by atoms with Gasteiger partial charge in [-0.15, -0.1) is 0 Å². The topological polar surface area (TPSA) is 75.0 Å². The number of hydrogen-bond acceptors (Lipinski definition) is 4. The molecule has 0 radical (unpaired) electrons. The molecule has 1 amide bonds. The van der Waals surface area contributed by atoms with Gasteiger partial charge < -0.3 is 9.42 Å². The fraction of sp³-hybridized carbons (Fsp3) is 0.350. The molecule has 0 fully saturated rings. The summed E-state index contributed by atoms with van der Waals surface area (Å²) < 4.78 is 18.7. The predicted octanol–water partition coefficient (Wildman–Crippen LogP) is 3.26. The Kier molecular flexibility index (Phi) is 4.30. The zero-order valence-corrected chi connectivity index (χ0v) is 15.6. The van der Waals surface area contributed by atoms with Gasteiger partial charge in [0.05, 0.1) is 17.7 Å². The van der Waals surface area contributed by atoms with Gasteiger partial charge >= 0.3 is 0 Å². The average molecular weight is 368 g/mol. The van der Waals surface area contributed by atoms with Crippen molar-refractivity contribution in [3.05, 3.63) is 57.9 Å². The van der Waals surface area contributed by atoms with Crippen LogP contribution in [0.1, 0.15) is 33.8 Å². The number of aromatic nitrogens is 3. The van der Waals surface area contributed by atoms with Crippen molar-refractivity contribution in [3.63, 3.8) is 0 Å². The summed E-state index contributed by atoms with van der Waals surface area (Å²) in [5.41, 5.74) is 5.91.